The van der Waals surface area contributed by atoms with E-state index < -0.39 is 10.1 Å². The molecule has 0 radical (unpaired) electrons. The summed E-state index contributed by atoms with van der Waals surface area (Å²) in [5.41, 5.74) is 4.78. The molecule has 8 heteroatoms. The largest absolute Gasteiger partial charge is 0.394 e. The SMILES string of the molecule is NCCS(=O)(=O)O.OCCOCCO. The second-order valence-electron chi connectivity index (χ2n) is 2.13. The zero-order valence-corrected chi connectivity index (χ0v) is 8.61. The van der Waals surface area contributed by atoms with Crippen molar-refractivity contribution in [3.63, 3.8) is 0 Å². The van der Waals surface area contributed by atoms with E-state index in [2.05, 4.69) is 4.74 Å². The number of ether oxygens (including phenoxy) is 1. The van der Waals surface area contributed by atoms with Crippen molar-refractivity contribution in [1.29, 1.82) is 0 Å². The first-order valence-electron chi connectivity index (χ1n) is 3.92. The predicted molar refractivity (Wildman–Crippen MR) is 50.5 cm³/mol. The van der Waals surface area contributed by atoms with E-state index in [0.29, 0.717) is 13.2 Å². The third-order valence-corrected chi connectivity index (χ3v) is 1.60. The first kappa shape index (κ1) is 16.2. The normalized spacial score (nSPS) is 10.6. The molecule has 0 spiro atoms. The van der Waals surface area contributed by atoms with Gasteiger partial charge in [-0.1, -0.05) is 0 Å². The molecule has 0 unspecified atom stereocenters. The van der Waals surface area contributed by atoms with Crippen LogP contribution in [0.2, 0.25) is 0 Å². The Morgan fingerprint density at radius 1 is 1.14 bits per heavy atom. The zero-order chi connectivity index (χ0) is 11.4. The molecule has 0 atom stereocenters. The smallest absolute Gasteiger partial charge is 0.266 e. The molecule has 0 saturated carbocycles. The first-order valence-corrected chi connectivity index (χ1v) is 5.53. The molecule has 0 aliphatic carbocycles. The highest BCUT2D eigenvalue weighted by atomic mass is 32.2. The summed E-state index contributed by atoms with van der Waals surface area (Å²) < 4.78 is 32.0. The Morgan fingerprint density at radius 3 is 1.71 bits per heavy atom. The van der Waals surface area contributed by atoms with Crippen LogP contribution in [-0.2, 0) is 14.9 Å². The van der Waals surface area contributed by atoms with Gasteiger partial charge >= 0.3 is 0 Å². The van der Waals surface area contributed by atoms with Gasteiger partial charge in [-0.15, -0.1) is 0 Å². The fraction of sp³-hybridized carbons (Fsp3) is 1.00. The summed E-state index contributed by atoms with van der Waals surface area (Å²) in [5, 5.41) is 16.2. The van der Waals surface area contributed by atoms with Gasteiger partial charge in [0.2, 0.25) is 0 Å². The molecule has 0 aliphatic heterocycles. The quantitative estimate of drug-likeness (QED) is 0.302. The van der Waals surface area contributed by atoms with E-state index in [4.69, 9.17) is 20.5 Å². The van der Waals surface area contributed by atoms with E-state index >= 15 is 0 Å². The van der Waals surface area contributed by atoms with Gasteiger partial charge in [-0.3, -0.25) is 4.55 Å². The van der Waals surface area contributed by atoms with E-state index in [1.165, 1.54) is 0 Å². The van der Waals surface area contributed by atoms with Crippen LogP contribution in [0.1, 0.15) is 0 Å². The molecule has 0 bridgehead atoms. The van der Waals surface area contributed by atoms with Crippen LogP contribution in [0.5, 0.6) is 0 Å². The van der Waals surface area contributed by atoms with Crippen LogP contribution < -0.4 is 5.73 Å². The van der Waals surface area contributed by atoms with Crippen molar-refractivity contribution < 1.29 is 27.9 Å². The second kappa shape index (κ2) is 10.8. The Morgan fingerprint density at radius 2 is 1.57 bits per heavy atom. The number of hydrogen-bond acceptors (Lipinski definition) is 6. The maximum Gasteiger partial charge on any atom is 0.266 e. The minimum absolute atomic E-state index is 0.0278. The Kier molecular flexibility index (Phi) is 12.5. The second-order valence-corrected chi connectivity index (χ2v) is 3.71. The average molecular weight is 231 g/mol. The fourth-order valence-corrected chi connectivity index (χ4v) is 0.678. The van der Waals surface area contributed by atoms with Crippen molar-refractivity contribution in [3.8, 4) is 0 Å². The molecule has 5 N–H and O–H groups in total. The molecule has 0 aromatic carbocycles. The minimum Gasteiger partial charge on any atom is -0.394 e. The van der Waals surface area contributed by atoms with Crippen LogP contribution in [0, 0.1) is 0 Å². The summed E-state index contributed by atoms with van der Waals surface area (Å²) in [6.07, 6.45) is 0. The highest BCUT2D eigenvalue weighted by molar-refractivity contribution is 7.85. The van der Waals surface area contributed by atoms with Crippen LogP contribution in [-0.4, -0.2) is 61.9 Å². The molecule has 7 nitrogen and oxygen atoms in total. The van der Waals surface area contributed by atoms with E-state index in [9.17, 15) is 8.42 Å². The molecular formula is C6H17NO6S. The molecule has 0 aliphatic rings. The molecule has 0 fully saturated rings. The fourth-order valence-electron chi connectivity index (χ4n) is 0.380. The summed E-state index contributed by atoms with van der Waals surface area (Å²) in [5.74, 6) is -0.354. The maximum atomic E-state index is 9.71. The lowest BCUT2D eigenvalue weighted by molar-refractivity contribution is 0.0650. The van der Waals surface area contributed by atoms with Crippen LogP contribution in [0.4, 0.5) is 0 Å². The van der Waals surface area contributed by atoms with Crippen LogP contribution in [0.15, 0.2) is 0 Å². The Labute approximate surface area is 83.2 Å². The van der Waals surface area contributed by atoms with Gasteiger partial charge in [0, 0.05) is 6.54 Å². The highest BCUT2D eigenvalue weighted by Gasteiger charge is 1.98. The number of rotatable bonds is 6. The lowest BCUT2D eigenvalue weighted by atomic mass is 10.7. The van der Waals surface area contributed by atoms with Gasteiger partial charge in [-0.05, 0) is 0 Å². The van der Waals surface area contributed by atoms with Gasteiger partial charge in [0.15, 0.2) is 0 Å². The number of hydrogen-bond donors (Lipinski definition) is 4. The van der Waals surface area contributed by atoms with Gasteiger partial charge in [-0.2, -0.15) is 8.42 Å². The standard InChI is InChI=1S/C4H10O3.C2H7NO3S/c5-1-3-7-4-2-6;3-1-2-7(4,5)6/h5-6H,1-4H2;1-3H2,(H,4,5,6). The Hall–Kier alpha value is -0.250. The van der Waals surface area contributed by atoms with E-state index in [1.54, 1.807) is 0 Å². The molecule has 0 rings (SSSR count). The predicted octanol–water partition coefficient (Wildman–Crippen LogP) is -2.18. The highest BCUT2D eigenvalue weighted by Crippen LogP contribution is 1.74. The van der Waals surface area contributed by atoms with Crippen molar-refractivity contribution in [2.24, 2.45) is 5.73 Å². The van der Waals surface area contributed by atoms with Crippen LogP contribution in [0.3, 0.4) is 0 Å². The van der Waals surface area contributed by atoms with Gasteiger partial charge in [0.25, 0.3) is 10.1 Å². The topological polar surface area (TPSA) is 130 Å². The number of aliphatic hydroxyl groups is 2. The molecule has 0 aromatic rings. The third-order valence-electron chi connectivity index (χ3n) is 0.847. The van der Waals surface area contributed by atoms with Crippen molar-refractivity contribution in [3.05, 3.63) is 0 Å². The van der Waals surface area contributed by atoms with Crippen molar-refractivity contribution in [2.75, 3.05) is 38.7 Å². The molecule has 14 heavy (non-hydrogen) atoms. The first-order chi connectivity index (χ1) is 6.47. The van der Waals surface area contributed by atoms with E-state index in [-0.39, 0.29) is 25.5 Å². The summed E-state index contributed by atoms with van der Waals surface area (Å²) in [7, 11) is -3.80. The van der Waals surface area contributed by atoms with E-state index in [1.807, 2.05) is 0 Å². The Bertz CT molecular complexity index is 188. The van der Waals surface area contributed by atoms with Crippen molar-refractivity contribution >= 4 is 10.1 Å². The lowest BCUT2D eigenvalue weighted by Crippen LogP contribution is -2.13. The minimum atomic E-state index is -3.80. The number of aliphatic hydroxyl groups excluding tert-OH is 2. The molecule has 0 aromatic heterocycles. The van der Waals surface area contributed by atoms with Crippen molar-refractivity contribution in [1.82, 2.24) is 0 Å². The van der Waals surface area contributed by atoms with Gasteiger partial charge < -0.3 is 20.7 Å². The maximum absolute atomic E-state index is 9.71. The zero-order valence-electron chi connectivity index (χ0n) is 7.79. The number of nitrogens with two attached hydrogens (primary N) is 1. The molecule has 0 amide bonds. The monoisotopic (exact) mass is 231 g/mol. The summed E-state index contributed by atoms with van der Waals surface area (Å²) in [4.78, 5) is 0. The lowest BCUT2D eigenvalue weighted by Gasteiger charge is -1.94. The summed E-state index contributed by atoms with van der Waals surface area (Å²) in [6, 6.07) is 0. The average Bonchev–Trinajstić information content (AvgIpc) is 2.04. The van der Waals surface area contributed by atoms with Crippen LogP contribution in [0.25, 0.3) is 0 Å². The summed E-state index contributed by atoms with van der Waals surface area (Å²) >= 11 is 0. The van der Waals surface area contributed by atoms with E-state index in [0.717, 1.165) is 0 Å². The van der Waals surface area contributed by atoms with Crippen molar-refractivity contribution in [2.45, 2.75) is 0 Å². The van der Waals surface area contributed by atoms with Crippen LogP contribution >= 0.6 is 0 Å². The van der Waals surface area contributed by atoms with Gasteiger partial charge in [-0.25, -0.2) is 0 Å². The molecule has 88 valence electrons. The van der Waals surface area contributed by atoms with Gasteiger partial charge in [0.1, 0.15) is 0 Å². The third kappa shape index (κ3) is 22.6. The Balaban J connectivity index is 0. The molecule has 0 saturated heterocycles. The molecular weight excluding hydrogens is 214 g/mol. The summed E-state index contributed by atoms with van der Waals surface area (Å²) in [6.45, 7) is 0.667. The van der Waals surface area contributed by atoms with Gasteiger partial charge in [0.05, 0.1) is 32.2 Å². The molecule has 0 heterocycles.